The number of halogens is 1. The van der Waals surface area contributed by atoms with E-state index in [1.165, 1.54) is 25.3 Å². The Morgan fingerprint density at radius 2 is 2.00 bits per heavy atom. The molecule has 3 rings (SSSR count). The molecule has 37 heavy (non-hydrogen) atoms. The van der Waals surface area contributed by atoms with Gasteiger partial charge in [-0.15, -0.1) is 0 Å². The molecule has 0 bridgehead atoms. The number of hydrogen-bond acceptors (Lipinski definition) is 10. The summed E-state index contributed by atoms with van der Waals surface area (Å²) >= 11 is 5.06. The van der Waals surface area contributed by atoms with Crippen LogP contribution in [0.5, 0.6) is 5.75 Å². The van der Waals surface area contributed by atoms with Crippen LogP contribution in [-0.4, -0.2) is 69.0 Å². The Kier molecular flexibility index (Phi) is 9.40. The maximum absolute atomic E-state index is 14.0. The second-order valence-corrected chi connectivity index (χ2v) is 10.7. The molecule has 2 aromatic rings. The van der Waals surface area contributed by atoms with Crippen molar-refractivity contribution in [3.05, 3.63) is 57.7 Å². The lowest BCUT2D eigenvalue weighted by Crippen LogP contribution is -2.49. The summed E-state index contributed by atoms with van der Waals surface area (Å²) in [6.45, 7) is 2.60. The number of benzene rings is 1. The molecule has 12 nitrogen and oxygen atoms in total. The van der Waals surface area contributed by atoms with E-state index >= 15 is 0 Å². The summed E-state index contributed by atoms with van der Waals surface area (Å²) in [6, 6.07) is 7.92. The van der Waals surface area contributed by atoms with Crippen LogP contribution in [0.2, 0.25) is 0 Å². The molecular weight excluding hydrogens is 532 g/mol. The number of carbonyl (C=O) groups is 1. The fourth-order valence-corrected chi connectivity index (χ4v) is 5.28. The van der Waals surface area contributed by atoms with Crippen molar-refractivity contribution in [1.82, 2.24) is 14.6 Å². The second kappa shape index (κ2) is 11.9. The molecule has 1 aromatic carbocycles. The standard InChI is InChI=1S/C22H29FN3O9PS/c1-13(2)33-19(29)14(3)25-36(31,35-15-7-5-4-6-8-15)32-11-16-18(28)22(30,12-23)20(34-16)26-10-9-17(27)24-21(26)37/h4-10,13-14,16,18,20,28,30H,11-12H2,1-3H3,(H,25,31)(H,24,27,37)/t14-,16+,18?,20+,22+,36?/m0/s1. The molecule has 4 N–H and O–H groups in total. The van der Waals surface area contributed by atoms with Crippen LogP contribution in [-0.2, 0) is 23.4 Å². The van der Waals surface area contributed by atoms with Gasteiger partial charge in [0.15, 0.2) is 16.6 Å². The molecule has 0 saturated carbocycles. The minimum atomic E-state index is -4.32. The van der Waals surface area contributed by atoms with Gasteiger partial charge in [0, 0.05) is 12.3 Å². The maximum atomic E-state index is 14.0. The highest BCUT2D eigenvalue weighted by atomic mass is 32.1. The van der Waals surface area contributed by atoms with Gasteiger partial charge < -0.3 is 24.2 Å². The summed E-state index contributed by atoms with van der Waals surface area (Å²) in [5.41, 5.74) is -3.00. The molecule has 15 heteroatoms. The van der Waals surface area contributed by atoms with E-state index in [0.29, 0.717) is 0 Å². The minimum Gasteiger partial charge on any atom is -0.462 e. The lowest BCUT2D eigenvalue weighted by atomic mass is 9.95. The van der Waals surface area contributed by atoms with Gasteiger partial charge in [-0.25, -0.2) is 8.96 Å². The van der Waals surface area contributed by atoms with Gasteiger partial charge in [0.2, 0.25) is 0 Å². The number of para-hydroxylation sites is 1. The second-order valence-electron chi connectivity index (χ2n) is 8.65. The van der Waals surface area contributed by atoms with Crippen molar-refractivity contribution in [2.24, 2.45) is 0 Å². The fraction of sp³-hybridized carbons (Fsp3) is 0.500. The Morgan fingerprint density at radius 1 is 1.32 bits per heavy atom. The van der Waals surface area contributed by atoms with Gasteiger partial charge in [-0.05, 0) is 45.1 Å². The maximum Gasteiger partial charge on any atom is 0.459 e. The number of aromatic amines is 1. The lowest BCUT2D eigenvalue weighted by molar-refractivity contribution is -0.149. The minimum absolute atomic E-state index is 0.147. The zero-order valence-corrected chi connectivity index (χ0v) is 22.0. The van der Waals surface area contributed by atoms with Gasteiger partial charge in [0.25, 0.3) is 5.56 Å². The van der Waals surface area contributed by atoms with E-state index in [1.807, 2.05) is 0 Å². The molecule has 2 unspecified atom stereocenters. The number of nitrogens with zero attached hydrogens (tertiary/aromatic N) is 1. The Labute approximate surface area is 216 Å². The van der Waals surface area contributed by atoms with Gasteiger partial charge in [-0.3, -0.25) is 23.7 Å². The fourth-order valence-electron chi connectivity index (χ4n) is 3.53. The molecule has 6 atom stereocenters. The summed E-state index contributed by atoms with van der Waals surface area (Å²) in [4.78, 5) is 26.1. The van der Waals surface area contributed by atoms with Crippen LogP contribution < -0.4 is 15.2 Å². The molecule has 1 aliphatic heterocycles. The molecule has 0 aliphatic carbocycles. The van der Waals surface area contributed by atoms with Crippen molar-refractivity contribution in [2.75, 3.05) is 13.3 Å². The highest BCUT2D eigenvalue weighted by molar-refractivity contribution is 7.71. The third kappa shape index (κ3) is 6.90. The molecule has 1 fully saturated rings. The van der Waals surface area contributed by atoms with E-state index in [0.717, 1.165) is 10.6 Å². The third-order valence-electron chi connectivity index (χ3n) is 5.35. The largest absolute Gasteiger partial charge is 0.462 e. The molecule has 204 valence electrons. The summed E-state index contributed by atoms with van der Waals surface area (Å²) in [5.74, 6) is -0.569. The van der Waals surface area contributed by atoms with E-state index in [9.17, 15) is 28.8 Å². The number of ether oxygens (including phenoxy) is 2. The van der Waals surface area contributed by atoms with Crippen molar-refractivity contribution in [1.29, 1.82) is 0 Å². The highest BCUT2D eigenvalue weighted by Crippen LogP contribution is 2.47. The third-order valence-corrected chi connectivity index (χ3v) is 7.30. The highest BCUT2D eigenvalue weighted by Gasteiger charge is 2.57. The van der Waals surface area contributed by atoms with Crippen LogP contribution in [0.4, 0.5) is 4.39 Å². The number of rotatable bonds is 11. The van der Waals surface area contributed by atoms with Crippen LogP contribution in [0, 0.1) is 4.77 Å². The number of aliphatic hydroxyl groups is 2. The first-order valence-corrected chi connectivity index (χ1v) is 13.2. The topological polar surface area (TPSA) is 161 Å². The Balaban J connectivity index is 1.83. The smallest absolute Gasteiger partial charge is 0.459 e. The summed E-state index contributed by atoms with van der Waals surface area (Å²) < 4.78 is 50.3. The number of carbonyl (C=O) groups excluding carboxylic acids is 1. The molecule has 0 radical (unpaired) electrons. The van der Waals surface area contributed by atoms with Gasteiger partial charge in [-0.2, -0.15) is 5.09 Å². The molecule has 0 amide bonds. The first-order chi connectivity index (χ1) is 17.4. The first kappa shape index (κ1) is 29.1. The SMILES string of the molecule is CC(C)OC(=O)[C@H](C)NP(=O)(OC[C@H]1O[C@@H](n2ccc(=O)[nH]c2=S)[C@@](O)(CF)C1O)Oc1ccccc1. The number of esters is 1. The van der Waals surface area contributed by atoms with E-state index in [-0.39, 0.29) is 10.5 Å². The average Bonchev–Trinajstić information content (AvgIpc) is 3.08. The summed E-state index contributed by atoms with van der Waals surface area (Å²) in [6.07, 6.45) is -4.07. The van der Waals surface area contributed by atoms with Gasteiger partial charge >= 0.3 is 13.7 Å². The monoisotopic (exact) mass is 561 g/mol. The number of alkyl halides is 1. The van der Waals surface area contributed by atoms with Crippen LogP contribution in [0.1, 0.15) is 27.0 Å². The van der Waals surface area contributed by atoms with E-state index in [1.54, 1.807) is 32.0 Å². The Bertz CT molecular complexity index is 1240. The number of aromatic nitrogens is 2. The van der Waals surface area contributed by atoms with E-state index in [4.69, 9.17) is 30.7 Å². The molecule has 1 aromatic heterocycles. The van der Waals surface area contributed by atoms with Gasteiger partial charge in [-0.1, -0.05) is 18.2 Å². The summed E-state index contributed by atoms with van der Waals surface area (Å²) in [5, 5.41) is 24.1. The molecular formula is C22H29FN3O9PS. The number of H-pyrrole nitrogens is 1. The molecule has 1 aliphatic rings. The number of aliphatic hydroxyl groups excluding tert-OH is 1. The van der Waals surface area contributed by atoms with Crippen molar-refractivity contribution < 1.29 is 42.5 Å². The predicted octanol–water partition coefficient (Wildman–Crippen LogP) is 2.00. The quantitative estimate of drug-likeness (QED) is 0.180. The Hall–Kier alpha value is -2.45. The number of nitrogens with one attached hydrogen (secondary N) is 2. The van der Waals surface area contributed by atoms with Crippen LogP contribution in [0.15, 0.2) is 47.4 Å². The van der Waals surface area contributed by atoms with Crippen LogP contribution in [0.25, 0.3) is 0 Å². The van der Waals surface area contributed by atoms with Crippen molar-refractivity contribution in [2.45, 2.75) is 57.0 Å². The normalized spacial score (nSPS) is 26.0. The average molecular weight is 562 g/mol. The van der Waals surface area contributed by atoms with Gasteiger partial charge in [0.1, 0.15) is 30.7 Å². The molecule has 2 heterocycles. The van der Waals surface area contributed by atoms with Crippen molar-refractivity contribution >= 4 is 25.9 Å². The predicted molar refractivity (Wildman–Crippen MR) is 131 cm³/mol. The summed E-state index contributed by atoms with van der Waals surface area (Å²) in [7, 11) is -4.32. The van der Waals surface area contributed by atoms with Crippen molar-refractivity contribution in [3.63, 3.8) is 0 Å². The lowest BCUT2D eigenvalue weighted by Gasteiger charge is -2.29. The van der Waals surface area contributed by atoms with E-state index < -0.39 is 68.7 Å². The zero-order valence-electron chi connectivity index (χ0n) is 20.3. The Morgan fingerprint density at radius 3 is 2.59 bits per heavy atom. The van der Waals surface area contributed by atoms with Gasteiger partial charge in [0.05, 0.1) is 12.7 Å². The van der Waals surface area contributed by atoms with Crippen molar-refractivity contribution in [3.8, 4) is 5.75 Å². The zero-order chi connectivity index (χ0) is 27.4. The molecule has 1 saturated heterocycles. The van der Waals surface area contributed by atoms with E-state index in [2.05, 4.69) is 10.1 Å². The molecule has 0 spiro atoms. The first-order valence-electron chi connectivity index (χ1n) is 11.3. The van der Waals surface area contributed by atoms with Crippen LogP contribution >= 0.6 is 20.0 Å². The van der Waals surface area contributed by atoms with Crippen LogP contribution in [0.3, 0.4) is 0 Å². The number of hydrogen-bond donors (Lipinski definition) is 4.